The molecule has 2 aromatic rings. The van der Waals surface area contributed by atoms with Crippen LogP contribution in [0.3, 0.4) is 0 Å². The molecule has 3 aliphatic rings. The van der Waals surface area contributed by atoms with Gasteiger partial charge in [-0.15, -0.1) is 0 Å². The molecule has 0 aliphatic carbocycles. The molecule has 0 radical (unpaired) electrons. The topological polar surface area (TPSA) is 36.5 Å². The molecule has 0 unspecified atom stereocenters. The number of fused-ring (bicyclic) bond motifs is 3. The third-order valence-electron chi connectivity index (χ3n) is 6.04. The van der Waals surface area contributed by atoms with Crippen molar-refractivity contribution < 1.29 is 4.74 Å². The molecule has 5 rings (SSSR count). The Balaban J connectivity index is 1.59. The van der Waals surface area contributed by atoms with Gasteiger partial charge in [0, 0.05) is 42.0 Å². The molecule has 6 heteroatoms. The number of nitrogens with zero attached hydrogens (tertiary/aromatic N) is 1. The largest absolute Gasteiger partial charge is 0.375 e. The van der Waals surface area contributed by atoms with Gasteiger partial charge >= 0.3 is 0 Å². The van der Waals surface area contributed by atoms with Crippen molar-refractivity contribution in [2.45, 2.75) is 31.9 Å². The molecular formula is C21H23Cl2N3O. The van der Waals surface area contributed by atoms with Gasteiger partial charge in [-0.2, -0.15) is 0 Å². The average Bonchev–Trinajstić information content (AvgIpc) is 2.84. The van der Waals surface area contributed by atoms with E-state index in [2.05, 4.69) is 27.7 Å². The van der Waals surface area contributed by atoms with Crippen LogP contribution in [0.4, 0.5) is 17.1 Å². The van der Waals surface area contributed by atoms with E-state index in [0.29, 0.717) is 28.6 Å². The molecule has 3 aliphatic heterocycles. The van der Waals surface area contributed by atoms with Gasteiger partial charge in [-0.1, -0.05) is 29.3 Å². The highest BCUT2D eigenvalue weighted by Crippen LogP contribution is 2.48. The number of benzene rings is 2. The summed E-state index contributed by atoms with van der Waals surface area (Å²) in [6, 6.07) is 8.87. The van der Waals surface area contributed by atoms with E-state index in [1.807, 2.05) is 19.1 Å². The van der Waals surface area contributed by atoms with Gasteiger partial charge in [0.05, 0.1) is 28.9 Å². The van der Waals surface area contributed by atoms with E-state index < -0.39 is 0 Å². The zero-order valence-corrected chi connectivity index (χ0v) is 16.8. The second-order valence-electron chi connectivity index (χ2n) is 7.66. The van der Waals surface area contributed by atoms with Gasteiger partial charge in [-0.3, -0.25) is 0 Å². The van der Waals surface area contributed by atoms with Crippen LogP contribution in [0.1, 0.15) is 29.0 Å². The molecule has 0 amide bonds. The molecule has 1 fully saturated rings. The third-order valence-corrected chi connectivity index (χ3v) is 6.84. The Hall–Kier alpha value is -1.46. The minimum absolute atomic E-state index is 0.524. The van der Waals surface area contributed by atoms with Gasteiger partial charge in [-0.05, 0) is 49.2 Å². The van der Waals surface area contributed by atoms with Crippen molar-refractivity contribution in [3.05, 3.63) is 51.0 Å². The van der Waals surface area contributed by atoms with E-state index in [1.165, 1.54) is 23.2 Å². The average molecular weight is 404 g/mol. The predicted octanol–water partition coefficient (Wildman–Crippen LogP) is 4.84. The van der Waals surface area contributed by atoms with Crippen LogP contribution in [0.5, 0.6) is 0 Å². The molecule has 142 valence electrons. The van der Waals surface area contributed by atoms with Crippen LogP contribution in [-0.2, 0) is 11.3 Å². The highest BCUT2D eigenvalue weighted by Gasteiger charge is 2.41. The van der Waals surface area contributed by atoms with Crippen LogP contribution in [0.2, 0.25) is 10.0 Å². The number of rotatable bonds is 2. The van der Waals surface area contributed by atoms with E-state index in [0.717, 1.165) is 43.2 Å². The first-order chi connectivity index (χ1) is 13.1. The lowest BCUT2D eigenvalue weighted by Crippen LogP contribution is -2.44. The molecule has 27 heavy (non-hydrogen) atoms. The van der Waals surface area contributed by atoms with Crippen LogP contribution < -0.4 is 15.5 Å². The number of piperidine rings is 1. The van der Waals surface area contributed by atoms with Crippen LogP contribution in [-0.4, -0.2) is 32.3 Å². The number of anilines is 3. The highest BCUT2D eigenvalue weighted by atomic mass is 35.5. The summed E-state index contributed by atoms with van der Waals surface area (Å²) < 4.78 is 5.89. The fourth-order valence-electron chi connectivity index (χ4n) is 4.77. The number of hydrogen-bond acceptors (Lipinski definition) is 4. The molecule has 2 atom stereocenters. The predicted molar refractivity (Wildman–Crippen MR) is 112 cm³/mol. The second-order valence-corrected chi connectivity index (χ2v) is 8.45. The lowest BCUT2D eigenvalue weighted by atomic mass is 9.89. The fourth-order valence-corrected chi connectivity index (χ4v) is 5.24. The molecule has 3 heterocycles. The smallest absolute Gasteiger partial charge is 0.0765 e. The van der Waals surface area contributed by atoms with Crippen molar-refractivity contribution in [3.63, 3.8) is 0 Å². The number of aryl methyl sites for hydroxylation is 1. The van der Waals surface area contributed by atoms with Crippen LogP contribution in [0.15, 0.2) is 24.3 Å². The van der Waals surface area contributed by atoms with Crippen molar-refractivity contribution in [3.8, 4) is 0 Å². The molecule has 0 aromatic heterocycles. The lowest BCUT2D eigenvalue weighted by molar-refractivity contribution is 0.130. The zero-order valence-electron chi connectivity index (χ0n) is 15.3. The number of nitrogens with one attached hydrogen (secondary N) is 2. The molecule has 0 bridgehead atoms. The van der Waals surface area contributed by atoms with E-state index in [4.69, 9.17) is 27.9 Å². The molecule has 2 N–H and O–H groups in total. The van der Waals surface area contributed by atoms with Gasteiger partial charge in [0.15, 0.2) is 0 Å². The third kappa shape index (κ3) is 2.90. The maximum Gasteiger partial charge on any atom is 0.0765 e. The van der Waals surface area contributed by atoms with Crippen LogP contribution >= 0.6 is 23.2 Å². The first-order valence-electron chi connectivity index (χ1n) is 9.57. The van der Waals surface area contributed by atoms with E-state index in [1.54, 1.807) is 0 Å². The van der Waals surface area contributed by atoms with Gasteiger partial charge < -0.3 is 20.3 Å². The Morgan fingerprint density at radius 3 is 3.04 bits per heavy atom. The molecule has 4 nitrogen and oxygen atoms in total. The van der Waals surface area contributed by atoms with Crippen molar-refractivity contribution in [1.29, 1.82) is 0 Å². The summed E-state index contributed by atoms with van der Waals surface area (Å²) in [6.45, 7) is 6.51. The van der Waals surface area contributed by atoms with Gasteiger partial charge in [0.2, 0.25) is 0 Å². The Morgan fingerprint density at radius 1 is 1.26 bits per heavy atom. The number of ether oxygens (including phenoxy) is 1. The first kappa shape index (κ1) is 17.6. The monoisotopic (exact) mass is 403 g/mol. The SMILES string of the molecule is Cc1ccc(Cl)c(Nc2cc3c4c(c2)[C@@H]2CNCC[C@@H]2N4CCOC3)c1Cl. The van der Waals surface area contributed by atoms with E-state index in [9.17, 15) is 0 Å². The van der Waals surface area contributed by atoms with Crippen LogP contribution in [0, 0.1) is 6.92 Å². The fraction of sp³-hybridized carbons (Fsp3) is 0.429. The number of halogens is 2. The minimum atomic E-state index is 0.524. The second kappa shape index (κ2) is 6.85. The summed E-state index contributed by atoms with van der Waals surface area (Å²) in [6.07, 6.45) is 1.18. The Bertz CT molecular complexity index is 901. The molecule has 1 saturated heterocycles. The lowest BCUT2D eigenvalue weighted by Gasteiger charge is -2.33. The summed E-state index contributed by atoms with van der Waals surface area (Å²) in [7, 11) is 0. The Kier molecular flexibility index (Phi) is 4.47. The van der Waals surface area contributed by atoms with Crippen molar-refractivity contribution in [1.82, 2.24) is 5.32 Å². The summed E-state index contributed by atoms with van der Waals surface area (Å²) in [4.78, 5) is 2.58. The van der Waals surface area contributed by atoms with Crippen molar-refractivity contribution in [2.75, 3.05) is 36.5 Å². The molecule has 0 spiro atoms. The Morgan fingerprint density at radius 2 is 2.15 bits per heavy atom. The van der Waals surface area contributed by atoms with E-state index in [-0.39, 0.29) is 0 Å². The highest BCUT2D eigenvalue weighted by molar-refractivity contribution is 6.39. The summed E-state index contributed by atoms with van der Waals surface area (Å²) >= 11 is 12.9. The van der Waals surface area contributed by atoms with Crippen LogP contribution in [0.25, 0.3) is 0 Å². The number of hydrogen-bond donors (Lipinski definition) is 2. The normalized spacial score (nSPS) is 23.6. The minimum Gasteiger partial charge on any atom is -0.375 e. The van der Waals surface area contributed by atoms with Gasteiger partial charge in [0.25, 0.3) is 0 Å². The quantitative estimate of drug-likeness (QED) is 0.751. The summed E-state index contributed by atoms with van der Waals surface area (Å²) in [5.41, 5.74) is 6.86. The summed E-state index contributed by atoms with van der Waals surface area (Å²) in [5, 5.41) is 8.36. The van der Waals surface area contributed by atoms with Crippen molar-refractivity contribution in [2.24, 2.45) is 0 Å². The Labute approximate surface area is 169 Å². The molecule has 2 aromatic carbocycles. The molecule has 0 saturated carbocycles. The molecular weight excluding hydrogens is 381 g/mol. The van der Waals surface area contributed by atoms with Gasteiger partial charge in [0.1, 0.15) is 0 Å². The zero-order chi connectivity index (χ0) is 18.5. The maximum absolute atomic E-state index is 6.52. The first-order valence-corrected chi connectivity index (χ1v) is 10.3. The summed E-state index contributed by atoms with van der Waals surface area (Å²) in [5.74, 6) is 0.524. The maximum atomic E-state index is 6.52. The van der Waals surface area contributed by atoms with E-state index >= 15 is 0 Å². The van der Waals surface area contributed by atoms with Crippen molar-refractivity contribution >= 4 is 40.3 Å². The van der Waals surface area contributed by atoms with Gasteiger partial charge in [-0.25, -0.2) is 0 Å². The standard InChI is InChI=1S/C21H23Cl2N3O/c1-12-2-3-17(22)20(19(12)23)25-14-8-13-11-27-7-6-26-18-4-5-24-10-16(18)15(9-14)21(13)26/h2-3,8-9,16,18,24-25H,4-7,10-11H2,1H3/t16-,18-/m0/s1.